The Kier molecular flexibility index (Phi) is 6.65. The van der Waals surface area contributed by atoms with Crippen LogP contribution >= 0.6 is 11.8 Å². The molecule has 0 unspecified atom stereocenters. The van der Waals surface area contributed by atoms with E-state index in [0.717, 1.165) is 6.42 Å². The topological polar surface area (TPSA) is 95.1 Å². The van der Waals surface area contributed by atoms with Crippen molar-refractivity contribution in [3.8, 4) is 0 Å². The Morgan fingerprint density at radius 3 is 2.83 bits per heavy atom. The molecule has 2 rings (SSSR count). The van der Waals surface area contributed by atoms with Gasteiger partial charge in [-0.2, -0.15) is 0 Å². The van der Waals surface area contributed by atoms with Gasteiger partial charge in [-0.3, -0.25) is 9.59 Å². The minimum Gasteiger partial charge on any atom is -0.396 e. The molecule has 0 aliphatic heterocycles. The molecule has 0 saturated heterocycles. The number of carbonyl (C=O) groups excluding carboxylic acids is 1. The number of amides is 1. The van der Waals surface area contributed by atoms with E-state index in [4.69, 9.17) is 5.11 Å². The van der Waals surface area contributed by atoms with Crippen LogP contribution < -0.4 is 10.9 Å². The first kappa shape index (κ1) is 18.0. The second kappa shape index (κ2) is 8.49. The molecule has 1 aliphatic rings. The van der Waals surface area contributed by atoms with Gasteiger partial charge in [0.25, 0.3) is 5.56 Å². The number of aliphatic hydroxyl groups is 1. The second-order valence-electron chi connectivity index (χ2n) is 6.13. The SMILES string of the molecule is Cc1nc(SCC(=O)N[C@H]2CCCC[C@H]2C)[nH]c(=O)c1CCO. The van der Waals surface area contributed by atoms with Gasteiger partial charge < -0.3 is 15.4 Å². The molecule has 23 heavy (non-hydrogen) atoms. The summed E-state index contributed by atoms with van der Waals surface area (Å²) in [7, 11) is 0. The molecule has 0 radical (unpaired) electrons. The Hall–Kier alpha value is -1.34. The maximum absolute atomic E-state index is 12.1. The van der Waals surface area contributed by atoms with Gasteiger partial charge in [0.2, 0.25) is 5.91 Å². The van der Waals surface area contributed by atoms with Crippen molar-refractivity contribution in [2.75, 3.05) is 12.4 Å². The molecule has 6 nitrogen and oxygen atoms in total. The normalized spacial score (nSPS) is 21.2. The van der Waals surface area contributed by atoms with E-state index in [2.05, 4.69) is 22.2 Å². The van der Waals surface area contributed by atoms with Crippen LogP contribution in [0.15, 0.2) is 9.95 Å². The summed E-state index contributed by atoms with van der Waals surface area (Å²) in [6.07, 6.45) is 4.91. The van der Waals surface area contributed by atoms with E-state index in [1.165, 1.54) is 31.0 Å². The summed E-state index contributed by atoms with van der Waals surface area (Å²) in [5.74, 6) is 0.745. The predicted octanol–water partition coefficient (Wildman–Crippen LogP) is 1.40. The van der Waals surface area contributed by atoms with E-state index in [1.54, 1.807) is 6.92 Å². The van der Waals surface area contributed by atoms with Crippen molar-refractivity contribution in [3.63, 3.8) is 0 Å². The van der Waals surface area contributed by atoms with Crippen LogP contribution in [0, 0.1) is 12.8 Å². The lowest BCUT2D eigenvalue weighted by atomic mass is 9.86. The fourth-order valence-electron chi connectivity index (χ4n) is 2.97. The Balaban J connectivity index is 1.90. The van der Waals surface area contributed by atoms with Crippen LogP contribution in [-0.2, 0) is 11.2 Å². The van der Waals surface area contributed by atoms with Gasteiger partial charge in [-0.15, -0.1) is 0 Å². The van der Waals surface area contributed by atoms with E-state index in [1.807, 2.05) is 0 Å². The molecule has 1 aromatic heterocycles. The summed E-state index contributed by atoms with van der Waals surface area (Å²) >= 11 is 1.23. The zero-order valence-electron chi connectivity index (χ0n) is 13.7. The van der Waals surface area contributed by atoms with E-state index in [-0.39, 0.29) is 29.9 Å². The fourth-order valence-corrected chi connectivity index (χ4v) is 3.69. The molecule has 0 spiro atoms. The van der Waals surface area contributed by atoms with Gasteiger partial charge in [-0.25, -0.2) is 4.98 Å². The van der Waals surface area contributed by atoms with Gasteiger partial charge in [-0.1, -0.05) is 31.5 Å². The van der Waals surface area contributed by atoms with Crippen molar-refractivity contribution in [3.05, 3.63) is 21.6 Å². The fraction of sp³-hybridized carbons (Fsp3) is 0.688. The minimum absolute atomic E-state index is 0.0199. The first-order valence-electron chi connectivity index (χ1n) is 8.14. The van der Waals surface area contributed by atoms with Crippen LogP contribution in [0.3, 0.4) is 0 Å². The highest BCUT2D eigenvalue weighted by atomic mass is 32.2. The van der Waals surface area contributed by atoms with Gasteiger partial charge in [0.15, 0.2) is 5.16 Å². The van der Waals surface area contributed by atoms with Crippen LogP contribution in [-0.4, -0.2) is 39.4 Å². The van der Waals surface area contributed by atoms with Crippen molar-refractivity contribution in [2.24, 2.45) is 5.92 Å². The first-order chi connectivity index (χ1) is 11.0. The molecule has 128 valence electrons. The summed E-state index contributed by atoms with van der Waals surface area (Å²) in [5, 5.41) is 12.5. The van der Waals surface area contributed by atoms with Crippen LogP contribution in [0.4, 0.5) is 0 Å². The molecule has 0 bridgehead atoms. The number of hydrogen-bond donors (Lipinski definition) is 3. The number of nitrogens with zero attached hydrogens (tertiary/aromatic N) is 1. The second-order valence-corrected chi connectivity index (χ2v) is 7.10. The van der Waals surface area contributed by atoms with Crippen LogP contribution in [0.25, 0.3) is 0 Å². The molecule has 2 atom stereocenters. The quantitative estimate of drug-likeness (QED) is 0.538. The van der Waals surface area contributed by atoms with Gasteiger partial charge >= 0.3 is 0 Å². The lowest BCUT2D eigenvalue weighted by Gasteiger charge is -2.29. The smallest absolute Gasteiger partial charge is 0.255 e. The number of nitrogens with one attached hydrogen (secondary N) is 2. The van der Waals surface area contributed by atoms with Crippen molar-refractivity contribution >= 4 is 17.7 Å². The Morgan fingerprint density at radius 2 is 2.17 bits per heavy atom. The van der Waals surface area contributed by atoms with Crippen LogP contribution in [0.1, 0.15) is 43.9 Å². The van der Waals surface area contributed by atoms with E-state index >= 15 is 0 Å². The van der Waals surface area contributed by atoms with Crippen LogP contribution in [0.5, 0.6) is 0 Å². The van der Waals surface area contributed by atoms with Crippen molar-refractivity contribution in [1.82, 2.24) is 15.3 Å². The summed E-state index contributed by atoms with van der Waals surface area (Å²) < 4.78 is 0. The molecular formula is C16H25N3O3S. The number of rotatable bonds is 6. The third kappa shape index (κ3) is 5.07. The molecule has 1 saturated carbocycles. The zero-order chi connectivity index (χ0) is 16.8. The largest absolute Gasteiger partial charge is 0.396 e. The average molecular weight is 339 g/mol. The third-order valence-electron chi connectivity index (χ3n) is 4.36. The minimum atomic E-state index is -0.240. The Labute approximate surface area is 140 Å². The van der Waals surface area contributed by atoms with E-state index in [9.17, 15) is 9.59 Å². The number of H-pyrrole nitrogens is 1. The lowest BCUT2D eigenvalue weighted by molar-refractivity contribution is -0.119. The molecule has 1 heterocycles. The van der Waals surface area contributed by atoms with Gasteiger partial charge in [0.1, 0.15) is 0 Å². The highest BCUT2D eigenvalue weighted by Crippen LogP contribution is 2.24. The maximum atomic E-state index is 12.1. The number of aromatic nitrogens is 2. The molecule has 1 aromatic rings. The molecule has 3 N–H and O–H groups in total. The molecule has 1 fully saturated rings. The number of carbonyl (C=O) groups is 1. The highest BCUT2D eigenvalue weighted by Gasteiger charge is 2.22. The van der Waals surface area contributed by atoms with Gasteiger partial charge in [-0.05, 0) is 25.7 Å². The first-order valence-corrected chi connectivity index (χ1v) is 9.12. The standard InChI is InChI=1S/C16H25N3O3S/c1-10-5-3-4-6-13(10)18-14(21)9-23-16-17-11(2)12(7-8-20)15(22)19-16/h10,13,20H,3-9H2,1-2H3,(H,18,21)(H,17,19,22)/t10-,13+/m1/s1. The average Bonchev–Trinajstić information content (AvgIpc) is 2.51. The summed E-state index contributed by atoms with van der Waals surface area (Å²) in [6.45, 7) is 3.84. The number of aliphatic hydroxyl groups excluding tert-OH is 1. The van der Waals surface area contributed by atoms with Crippen molar-refractivity contribution in [2.45, 2.75) is 57.1 Å². The third-order valence-corrected chi connectivity index (χ3v) is 5.23. The lowest BCUT2D eigenvalue weighted by Crippen LogP contribution is -2.41. The molecular weight excluding hydrogens is 314 g/mol. The summed E-state index contributed by atoms with van der Waals surface area (Å²) in [4.78, 5) is 31.0. The monoisotopic (exact) mass is 339 g/mol. The van der Waals surface area contributed by atoms with E-state index in [0.29, 0.717) is 28.8 Å². The maximum Gasteiger partial charge on any atom is 0.255 e. The van der Waals surface area contributed by atoms with E-state index < -0.39 is 0 Å². The number of thioether (sulfide) groups is 1. The van der Waals surface area contributed by atoms with Crippen molar-refractivity contribution in [1.29, 1.82) is 0 Å². The Bertz CT molecular complexity index is 603. The molecule has 7 heteroatoms. The van der Waals surface area contributed by atoms with Crippen molar-refractivity contribution < 1.29 is 9.90 Å². The summed E-state index contributed by atoms with van der Waals surface area (Å²) in [5.41, 5.74) is 0.860. The number of hydrogen-bond acceptors (Lipinski definition) is 5. The molecule has 0 aromatic carbocycles. The van der Waals surface area contributed by atoms with Gasteiger partial charge in [0.05, 0.1) is 5.75 Å². The summed E-state index contributed by atoms with van der Waals surface area (Å²) in [6, 6.07) is 0.262. The number of aromatic amines is 1. The molecule has 1 aliphatic carbocycles. The van der Waals surface area contributed by atoms with Crippen LogP contribution in [0.2, 0.25) is 0 Å². The Morgan fingerprint density at radius 1 is 1.43 bits per heavy atom. The van der Waals surface area contributed by atoms with Gasteiger partial charge in [0, 0.05) is 30.3 Å². The highest BCUT2D eigenvalue weighted by molar-refractivity contribution is 7.99. The zero-order valence-corrected chi connectivity index (χ0v) is 14.5. The predicted molar refractivity (Wildman–Crippen MR) is 90.7 cm³/mol. The molecule has 1 amide bonds. The number of aryl methyl sites for hydroxylation is 1.